The molecule has 1 heterocycles. The summed E-state index contributed by atoms with van der Waals surface area (Å²) in [5.74, 6) is 0.272. The first-order valence-electron chi connectivity index (χ1n) is 5.47. The fraction of sp³-hybridized carbons (Fsp3) is 0.0714. The van der Waals surface area contributed by atoms with Crippen LogP contribution < -0.4 is 0 Å². The summed E-state index contributed by atoms with van der Waals surface area (Å²) in [6.45, 7) is 0. The number of para-hydroxylation sites is 1. The van der Waals surface area contributed by atoms with E-state index < -0.39 is 0 Å². The molecule has 3 nitrogen and oxygen atoms in total. The Labute approximate surface area is 98.9 Å². The van der Waals surface area contributed by atoms with Gasteiger partial charge >= 0.3 is 0 Å². The molecule has 0 fully saturated rings. The van der Waals surface area contributed by atoms with Crippen LogP contribution in [0.3, 0.4) is 0 Å². The highest BCUT2D eigenvalue weighted by molar-refractivity contribution is 5.93. The van der Waals surface area contributed by atoms with Crippen molar-refractivity contribution in [2.45, 2.75) is 0 Å². The number of hydrogen-bond acceptors (Lipinski definition) is 2. The van der Waals surface area contributed by atoms with E-state index in [4.69, 9.17) is 0 Å². The van der Waals surface area contributed by atoms with Gasteiger partial charge in [-0.1, -0.05) is 18.2 Å². The smallest absolute Gasteiger partial charge is 0.115 e. The summed E-state index contributed by atoms with van der Waals surface area (Å²) >= 11 is 0. The first-order valence-corrected chi connectivity index (χ1v) is 5.47. The van der Waals surface area contributed by atoms with Gasteiger partial charge in [-0.3, -0.25) is 4.68 Å². The molecule has 0 spiro atoms. The second kappa shape index (κ2) is 3.63. The van der Waals surface area contributed by atoms with Crippen LogP contribution in [-0.2, 0) is 7.05 Å². The van der Waals surface area contributed by atoms with Crippen LogP contribution in [0.1, 0.15) is 0 Å². The average molecular weight is 224 g/mol. The number of benzene rings is 2. The van der Waals surface area contributed by atoms with Crippen molar-refractivity contribution < 1.29 is 5.11 Å². The van der Waals surface area contributed by atoms with E-state index in [0.29, 0.717) is 0 Å². The van der Waals surface area contributed by atoms with Gasteiger partial charge in [-0.25, -0.2) is 0 Å². The number of aromatic hydroxyl groups is 1. The largest absolute Gasteiger partial charge is 0.508 e. The lowest BCUT2D eigenvalue weighted by Crippen LogP contribution is -1.89. The number of phenols is 1. The molecule has 0 aliphatic carbocycles. The van der Waals surface area contributed by atoms with Crippen molar-refractivity contribution in [3.63, 3.8) is 0 Å². The number of aryl methyl sites for hydroxylation is 1. The van der Waals surface area contributed by atoms with Crippen LogP contribution in [0.15, 0.2) is 48.5 Å². The quantitative estimate of drug-likeness (QED) is 0.690. The summed E-state index contributed by atoms with van der Waals surface area (Å²) in [4.78, 5) is 0. The molecule has 0 bridgehead atoms. The average Bonchev–Trinajstić information content (AvgIpc) is 2.69. The zero-order valence-electron chi connectivity index (χ0n) is 9.46. The molecule has 0 saturated heterocycles. The normalized spacial score (nSPS) is 10.9. The van der Waals surface area contributed by atoms with Gasteiger partial charge in [0.25, 0.3) is 0 Å². The van der Waals surface area contributed by atoms with E-state index >= 15 is 0 Å². The minimum atomic E-state index is 0.272. The minimum Gasteiger partial charge on any atom is -0.508 e. The molecule has 1 aromatic heterocycles. The second-order valence-electron chi connectivity index (χ2n) is 4.04. The van der Waals surface area contributed by atoms with E-state index in [1.807, 2.05) is 42.1 Å². The third-order valence-electron chi connectivity index (χ3n) is 2.90. The highest BCUT2D eigenvalue weighted by Gasteiger charge is 2.09. The molecule has 0 saturated carbocycles. The van der Waals surface area contributed by atoms with Crippen LogP contribution in [-0.4, -0.2) is 14.9 Å². The maximum absolute atomic E-state index is 9.30. The van der Waals surface area contributed by atoms with Crippen molar-refractivity contribution in [3.05, 3.63) is 48.5 Å². The van der Waals surface area contributed by atoms with Crippen molar-refractivity contribution in [3.8, 4) is 17.0 Å². The lowest BCUT2D eigenvalue weighted by molar-refractivity contribution is 0.475. The number of rotatable bonds is 1. The minimum absolute atomic E-state index is 0.272. The Kier molecular flexibility index (Phi) is 2.11. The number of fused-ring (bicyclic) bond motifs is 1. The van der Waals surface area contributed by atoms with E-state index in [2.05, 4.69) is 11.2 Å². The van der Waals surface area contributed by atoms with Crippen LogP contribution in [0.25, 0.3) is 22.2 Å². The maximum Gasteiger partial charge on any atom is 0.115 e. The van der Waals surface area contributed by atoms with E-state index in [0.717, 1.165) is 22.2 Å². The number of aromatic nitrogens is 2. The molecule has 84 valence electrons. The number of phenolic OH excluding ortho intramolecular Hbond substituents is 1. The van der Waals surface area contributed by atoms with Crippen molar-refractivity contribution in [2.24, 2.45) is 7.05 Å². The highest BCUT2D eigenvalue weighted by atomic mass is 16.3. The Bertz CT molecular complexity index is 668. The SMILES string of the molecule is Cn1nc(-c2ccc(O)cc2)c2ccccc21. The Hall–Kier alpha value is -2.29. The second-order valence-corrected chi connectivity index (χ2v) is 4.04. The summed E-state index contributed by atoms with van der Waals surface area (Å²) in [6, 6.07) is 15.2. The molecule has 3 rings (SSSR count). The Morgan fingerprint density at radius 1 is 1.00 bits per heavy atom. The molecular formula is C14H12N2O. The molecule has 0 atom stereocenters. The Balaban J connectivity index is 2.27. The molecule has 3 heteroatoms. The van der Waals surface area contributed by atoms with Crippen molar-refractivity contribution in [1.29, 1.82) is 0 Å². The summed E-state index contributed by atoms with van der Waals surface area (Å²) in [7, 11) is 1.94. The van der Waals surface area contributed by atoms with Crippen LogP contribution in [0, 0.1) is 0 Å². The van der Waals surface area contributed by atoms with Gasteiger partial charge in [0, 0.05) is 18.0 Å². The van der Waals surface area contributed by atoms with Gasteiger partial charge in [-0.15, -0.1) is 0 Å². The predicted octanol–water partition coefficient (Wildman–Crippen LogP) is 2.95. The lowest BCUT2D eigenvalue weighted by atomic mass is 10.1. The molecule has 3 aromatic rings. The van der Waals surface area contributed by atoms with Gasteiger partial charge in [-0.2, -0.15) is 5.10 Å². The van der Waals surface area contributed by atoms with Gasteiger partial charge < -0.3 is 5.11 Å². The van der Waals surface area contributed by atoms with Crippen LogP contribution in [0.2, 0.25) is 0 Å². The van der Waals surface area contributed by atoms with Crippen molar-refractivity contribution >= 4 is 10.9 Å². The number of hydrogen-bond donors (Lipinski definition) is 1. The zero-order chi connectivity index (χ0) is 11.8. The zero-order valence-corrected chi connectivity index (χ0v) is 9.46. The van der Waals surface area contributed by atoms with Crippen molar-refractivity contribution in [2.75, 3.05) is 0 Å². The third-order valence-corrected chi connectivity index (χ3v) is 2.90. The molecular weight excluding hydrogens is 212 g/mol. The van der Waals surface area contributed by atoms with E-state index in [1.54, 1.807) is 12.1 Å². The predicted molar refractivity (Wildman–Crippen MR) is 67.8 cm³/mol. The first kappa shape index (κ1) is 9.90. The molecule has 17 heavy (non-hydrogen) atoms. The summed E-state index contributed by atoms with van der Waals surface area (Å²) < 4.78 is 1.87. The first-order chi connectivity index (χ1) is 8.25. The molecule has 0 unspecified atom stereocenters. The fourth-order valence-electron chi connectivity index (χ4n) is 2.05. The molecule has 2 aromatic carbocycles. The summed E-state index contributed by atoms with van der Waals surface area (Å²) in [5.41, 5.74) is 3.07. The summed E-state index contributed by atoms with van der Waals surface area (Å²) in [5, 5.41) is 14.9. The van der Waals surface area contributed by atoms with Crippen LogP contribution in [0.4, 0.5) is 0 Å². The van der Waals surface area contributed by atoms with Gasteiger partial charge in [0.1, 0.15) is 11.4 Å². The van der Waals surface area contributed by atoms with Crippen LogP contribution in [0.5, 0.6) is 5.75 Å². The highest BCUT2D eigenvalue weighted by Crippen LogP contribution is 2.28. The van der Waals surface area contributed by atoms with E-state index in [9.17, 15) is 5.11 Å². The van der Waals surface area contributed by atoms with E-state index in [1.165, 1.54) is 0 Å². The standard InChI is InChI=1S/C14H12N2O/c1-16-13-5-3-2-4-12(13)14(15-16)10-6-8-11(17)9-7-10/h2-9,17H,1H3. The van der Waals surface area contributed by atoms with E-state index in [-0.39, 0.29) is 5.75 Å². The maximum atomic E-state index is 9.30. The number of nitrogens with zero attached hydrogens (tertiary/aromatic N) is 2. The molecule has 0 radical (unpaired) electrons. The van der Waals surface area contributed by atoms with Crippen molar-refractivity contribution in [1.82, 2.24) is 9.78 Å². The topological polar surface area (TPSA) is 38.0 Å². The molecule has 0 amide bonds. The summed E-state index contributed by atoms with van der Waals surface area (Å²) in [6.07, 6.45) is 0. The molecule has 1 N–H and O–H groups in total. The van der Waals surface area contributed by atoms with Gasteiger partial charge in [0.2, 0.25) is 0 Å². The third kappa shape index (κ3) is 1.56. The molecule has 0 aliphatic heterocycles. The van der Waals surface area contributed by atoms with Crippen LogP contribution >= 0.6 is 0 Å². The lowest BCUT2D eigenvalue weighted by Gasteiger charge is -1.97. The van der Waals surface area contributed by atoms with Gasteiger partial charge in [-0.05, 0) is 30.3 Å². The van der Waals surface area contributed by atoms with Gasteiger partial charge in [0.05, 0.1) is 5.52 Å². The molecule has 0 aliphatic rings. The Morgan fingerprint density at radius 2 is 1.71 bits per heavy atom. The van der Waals surface area contributed by atoms with Gasteiger partial charge in [0.15, 0.2) is 0 Å². The monoisotopic (exact) mass is 224 g/mol. The fourth-order valence-corrected chi connectivity index (χ4v) is 2.05. The Morgan fingerprint density at radius 3 is 2.47 bits per heavy atom.